The number of methoxy groups -OCH3 is 1. The smallest absolute Gasteiger partial charge is 0.299 e. The van der Waals surface area contributed by atoms with E-state index in [2.05, 4.69) is 10.3 Å². The van der Waals surface area contributed by atoms with Crippen LogP contribution in [0.4, 0.5) is 4.39 Å². The van der Waals surface area contributed by atoms with E-state index in [4.69, 9.17) is 14.7 Å². The van der Waals surface area contributed by atoms with Gasteiger partial charge in [-0.2, -0.15) is 10.2 Å². The average Bonchev–Trinajstić information content (AvgIpc) is 3.33. The molecular formula is C24H23FN4O3. The first kappa shape index (κ1) is 21.5. The van der Waals surface area contributed by atoms with Gasteiger partial charge >= 0.3 is 0 Å². The molecule has 2 aromatic carbocycles. The molecule has 0 radical (unpaired) electrons. The molecule has 0 bridgehead atoms. The molecule has 4 rings (SSSR count). The topological polar surface area (TPSA) is 89.2 Å². The lowest BCUT2D eigenvalue weighted by Gasteiger charge is -2.17. The second-order valence-electron chi connectivity index (χ2n) is 7.69. The third-order valence-electron chi connectivity index (χ3n) is 5.60. The van der Waals surface area contributed by atoms with Crippen molar-refractivity contribution in [1.29, 1.82) is 5.26 Å². The molecule has 7 nitrogen and oxygen atoms in total. The number of nitrogens with one attached hydrogen (secondary N) is 1. The number of halogens is 1. The van der Waals surface area contributed by atoms with Gasteiger partial charge in [-0.3, -0.25) is 9.36 Å². The van der Waals surface area contributed by atoms with Crippen molar-refractivity contribution in [3.05, 3.63) is 64.2 Å². The maximum absolute atomic E-state index is 14.4. The van der Waals surface area contributed by atoms with Crippen molar-refractivity contribution in [3.63, 3.8) is 0 Å². The summed E-state index contributed by atoms with van der Waals surface area (Å²) in [5.41, 5.74) is 1.22. The summed E-state index contributed by atoms with van der Waals surface area (Å²) in [6, 6.07) is 13.2. The zero-order chi connectivity index (χ0) is 22.7. The van der Waals surface area contributed by atoms with Gasteiger partial charge in [0.15, 0.2) is 0 Å². The largest absolute Gasteiger partial charge is 0.497 e. The minimum atomic E-state index is -0.673. The molecule has 8 heteroatoms. The Morgan fingerprint density at radius 1 is 1.25 bits per heavy atom. The fraction of sp³-hybridized carbons (Fsp3) is 0.292. The summed E-state index contributed by atoms with van der Waals surface area (Å²) in [7, 11) is 3.17. The van der Waals surface area contributed by atoms with E-state index in [0.29, 0.717) is 40.7 Å². The molecule has 1 saturated heterocycles. The summed E-state index contributed by atoms with van der Waals surface area (Å²) in [6.07, 6.45) is 0.992. The molecular weight excluding hydrogens is 411 g/mol. The van der Waals surface area contributed by atoms with E-state index in [-0.39, 0.29) is 17.1 Å². The Labute approximate surface area is 185 Å². The number of ether oxygens (including phenoxy) is 2. The van der Waals surface area contributed by atoms with Crippen LogP contribution in [0, 0.1) is 23.1 Å². The summed E-state index contributed by atoms with van der Waals surface area (Å²) < 4.78 is 26.9. The fourth-order valence-corrected chi connectivity index (χ4v) is 3.74. The average molecular weight is 434 g/mol. The van der Waals surface area contributed by atoms with Gasteiger partial charge in [0.25, 0.3) is 11.6 Å². The fourth-order valence-electron chi connectivity index (χ4n) is 3.74. The minimum absolute atomic E-state index is 0.0752. The van der Waals surface area contributed by atoms with Crippen LogP contribution >= 0.6 is 0 Å². The summed E-state index contributed by atoms with van der Waals surface area (Å²) in [5, 5.41) is 12.3. The van der Waals surface area contributed by atoms with Crippen LogP contribution in [-0.2, 0) is 7.05 Å². The second kappa shape index (κ2) is 9.20. The zero-order valence-corrected chi connectivity index (χ0v) is 17.9. The van der Waals surface area contributed by atoms with E-state index < -0.39 is 5.82 Å². The maximum Gasteiger partial charge on any atom is 0.299 e. The molecule has 1 aliphatic rings. The first-order valence-electron chi connectivity index (χ1n) is 10.3. The quantitative estimate of drug-likeness (QED) is 0.641. The van der Waals surface area contributed by atoms with Gasteiger partial charge in [0.1, 0.15) is 17.6 Å². The number of hydrogen-bond donors (Lipinski definition) is 1. The lowest BCUT2D eigenvalue weighted by molar-refractivity contribution is 0.231. The van der Waals surface area contributed by atoms with Crippen LogP contribution in [-0.4, -0.2) is 36.4 Å². The number of nitrogens with zero attached hydrogens (tertiary/aromatic N) is 3. The highest BCUT2D eigenvalue weighted by Gasteiger charge is 2.22. The maximum atomic E-state index is 14.4. The monoisotopic (exact) mass is 434 g/mol. The Balaban J connectivity index is 1.85. The molecule has 164 valence electrons. The van der Waals surface area contributed by atoms with Crippen LogP contribution in [0.2, 0.25) is 0 Å². The van der Waals surface area contributed by atoms with Gasteiger partial charge in [0.05, 0.1) is 30.5 Å². The Morgan fingerprint density at radius 3 is 2.62 bits per heavy atom. The highest BCUT2D eigenvalue weighted by molar-refractivity contribution is 5.80. The molecule has 1 aliphatic heterocycles. The molecule has 1 N–H and O–H groups in total. The third-order valence-corrected chi connectivity index (χ3v) is 5.60. The molecule has 1 fully saturated rings. The number of hydrogen-bond acceptors (Lipinski definition) is 6. The van der Waals surface area contributed by atoms with E-state index in [9.17, 15) is 9.18 Å². The van der Waals surface area contributed by atoms with E-state index in [1.165, 1.54) is 16.7 Å². The zero-order valence-electron chi connectivity index (χ0n) is 17.9. The van der Waals surface area contributed by atoms with Crippen molar-refractivity contribution in [2.45, 2.75) is 6.42 Å². The van der Waals surface area contributed by atoms with Crippen LogP contribution in [0.3, 0.4) is 0 Å². The second-order valence-corrected chi connectivity index (χ2v) is 7.69. The molecule has 0 aliphatic carbocycles. The molecule has 0 spiro atoms. The van der Waals surface area contributed by atoms with Crippen LogP contribution in [0.25, 0.3) is 22.4 Å². The van der Waals surface area contributed by atoms with Crippen LogP contribution in [0.5, 0.6) is 11.8 Å². The van der Waals surface area contributed by atoms with Crippen molar-refractivity contribution >= 4 is 0 Å². The minimum Gasteiger partial charge on any atom is -0.497 e. The van der Waals surface area contributed by atoms with Crippen molar-refractivity contribution in [2.75, 3.05) is 26.8 Å². The van der Waals surface area contributed by atoms with Gasteiger partial charge in [0, 0.05) is 25.1 Å². The molecule has 2 heterocycles. The standard InChI is InChI=1S/C24H23FN4O3/c1-29-23(30)21(16-5-7-19(31-2)8-6-16)22(17-3-4-18(12-26)20(25)11-17)28-24(29)32-14-15-9-10-27-13-15/h3-8,11,15,27H,9-10,13-14H2,1-2H3. The van der Waals surface area contributed by atoms with Crippen molar-refractivity contribution in [1.82, 2.24) is 14.9 Å². The number of benzene rings is 2. The number of nitriles is 1. The van der Waals surface area contributed by atoms with Crippen molar-refractivity contribution in [2.24, 2.45) is 13.0 Å². The van der Waals surface area contributed by atoms with E-state index in [0.717, 1.165) is 19.5 Å². The van der Waals surface area contributed by atoms with E-state index in [1.807, 2.05) is 6.07 Å². The Bertz CT molecular complexity index is 1230. The SMILES string of the molecule is COc1ccc(-c2c(-c3ccc(C#N)c(F)c3)nc(OCC3CCNC3)n(C)c2=O)cc1. The summed E-state index contributed by atoms with van der Waals surface area (Å²) in [6.45, 7) is 2.22. The molecule has 32 heavy (non-hydrogen) atoms. The summed E-state index contributed by atoms with van der Waals surface area (Å²) in [4.78, 5) is 18.0. The van der Waals surface area contributed by atoms with E-state index in [1.54, 1.807) is 44.5 Å². The highest BCUT2D eigenvalue weighted by Crippen LogP contribution is 2.31. The van der Waals surface area contributed by atoms with Gasteiger partial charge in [-0.15, -0.1) is 0 Å². The summed E-state index contributed by atoms with van der Waals surface area (Å²) in [5.74, 6) is 0.311. The van der Waals surface area contributed by atoms with Crippen molar-refractivity contribution < 1.29 is 13.9 Å². The van der Waals surface area contributed by atoms with E-state index >= 15 is 0 Å². The first-order valence-corrected chi connectivity index (χ1v) is 10.3. The lowest BCUT2D eigenvalue weighted by Crippen LogP contribution is -2.25. The van der Waals surface area contributed by atoms with Gasteiger partial charge in [-0.1, -0.05) is 18.2 Å². The highest BCUT2D eigenvalue weighted by atomic mass is 19.1. The van der Waals surface area contributed by atoms with Crippen LogP contribution in [0.1, 0.15) is 12.0 Å². The lowest BCUT2D eigenvalue weighted by atomic mass is 9.99. The molecule has 3 aromatic rings. The van der Waals surface area contributed by atoms with Gasteiger partial charge in [0.2, 0.25) is 0 Å². The first-order chi connectivity index (χ1) is 15.5. The van der Waals surface area contributed by atoms with Crippen LogP contribution < -0.4 is 20.3 Å². The normalized spacial score (nSPS) is 15.4. The molecule has 1 aromatic heterocycles. The van der Waals surface area contributed by atoms with Crippen LogP contribution in [0.15, 0.2) is 47.3 Å². The molecule has 0 saturated carbocycles. The molecule has 1 unspecified atom stereocenters. The number of aromatic nitrogens is 2. The van der Waals surface area contributed by atoms with Gasteiger partial charge in [-0.05, 0) is 42.8 Å². The predicted octanol–water partition coefficient (Wildman–Crippen LogP) is 3.12. The third kappa shape index (κ3) is 4.20. The Morgan fingerprint density at radius 2 is 2.00 bits per heavy atom. The van der Waals surface area contributed by atoms with Gasteiger partial charge < -0.3 is 14.8 Å². The Hall–Kier alpha value is -3.70. The van der Waals surface area contributed by atoms with Crippen molar-refractivity contribution in [3.8, 4) is 40.2 Å². The number of rotatable bonds is 6. The molecule has 1 atom stereocenters. The summed E-state index contributed by atoms with van der Waals surface area (Å²) >= 11 is 0. The van der Waals surface area contributed by atoms with Gasteiger partial charge in [-0.25, -0.2) is 4.39 Å². The Kier molecular flexibility index (Phi) is 6.19. The molecule has 0 amide bonds. The predicted molar refractivity (Wildman–Crippen MR) is 118 cm³/mol.